The molecule has 19 heavy (non-hydrogen) atoms. The fourth-order valence-electron chi connectivity index (χ4n) is 1.58. The van der Waals surface area contributed by atoms with Crippen molar-refractivity contribution in [1.82, 2.24) is 15.5 Å². The topological polar surface area (TPSA) is 69.4 Å². The maximum absolute atomic E-state index is 11.8. The number of alkyl halides is 3. The molecule has 2 heterocycles. The predicted molar refractivity (Wildman–Crippen MR) is 56.4 cm³/mol. The van der Waals surface area contributed by atoms with E-state index < -0.39 is 12.8 Å². The molecule has 1 aliphatic rings. The Balaban J connectivity index is 1.74. The Hall–Kier alpha value is -1.19. The van der Waals surface area contributed by atoms with Gasteiger partial charge in [-0.3, -0.25) is 0 Å². The smallest absolute Gasteiger partial charge is 0.372 e. The molecular formula is C10H14F3N3O3. The van der Waals surface area contributed by atoms with Crippen molar-refractivity contribution in [2.45, 2.75) is 18.7 Å². The van der Waals surface area contributed by atoms with E-state index in [9.17, 15) is 13.2 Å². The average Bonchev–Trinajstić information content (AvgIpc) is 2.83. The molecule has 0 bridgehead atoms. The molecule has 0 saturated carbocycles. The molecule has 1 unspecified atom stereocenters. The Bertz CT molecular complexity index is 391. The van der Waals surface area contributed by atoms with Crippen LogP contribution in [0.5, 0.6) is 0 Å². The zero-order chi connectivity index (χ0) is 13.7. The molecule has 0 amide bonds. The Morgan fingerprint density at radius 1 is 1.42 bits per heavy atom. The predicted octanol–water partition coefficient (Wildman–Crippen LogP) is 0.852. The molecule has 1 aromatic heterocycles. The molecule has 1 fully saturated rings. The lowest BCUT2D eigenvalue weighted by Gasteiger charge is -2.19. The van der Waals surface area contributed by atoms with Gasteiger partial charge in [0.05, 0.1) is 13.2 Å². The summed E-state index contributed by atoms with van der Waals surface area (Å²) in [5.74, 6) is 0.643. The van der Waals surface area contributed by atoms with Gasteiger partial charge in [-0.2, -0.15) is 18.2 Å². The van der Waals surface area contributed by atoms with E-state index in [0.29, 0.717) is 24.9 Å². The first-order valence-electron chi connectivity index (χ1n) is 5.84. The van der Waals surface area contributed by atoms with Crippen molar-refractivity contribution < 1.29 is 27.2 Å². The molecule has 0 aliphatic carbocycles. The van der Waals surface area contributed by atoms with Crippen LogP contribution in [0.15, 0.2) is 4.52 Å². The van der Waals surface area contributed by atoms with Gasteiger partial charge in [0.1, 0.15) is 12.7 Å². The summed E-state index contributed by atoms with van der Waals surface area (Å²) >= 11 is 0. The number of ether oxygens (including phenoxy) is 2. The minimum atomic E-state index is -4.32. The van der Waals surface area contributed by atoms with E-state index in [2.05, 4.69) is 20.2 Å². The van der Waals surface area contributed by atoms with Gasteiger partial charge in [-0.05, 0) is 0 Å². The van der Waals surface area contributed by atoms with Crippen LogP contribution in [0.4, 0.5) is 13.2 Å². The molecule has 0 radical (unpaired) electrons. The van der Waals surface area contributed by atoms with E-state index in [1.165, 1.54) is 0 Å². The lowest BCUT2D eigenvalue weighted by atomic mass is 10.3. The highest BCUT2D eigenvalue weighted by Gasteiger charge is 2.27. The lowest BCUT2D eigenvalue weighted by Crippen LogP contribution is -2.33. The Labute approximate surface area is 107 Å². The van der Waals surface area contributed by atoms with Crippen LogP contribution in [0.1, 0.15) is 17.8 Å². The fourth-order valence-corrected chi connectivity index (χ4v) is 1.58. The maximum atomic E-state index is 11.8. The largest absolute Gasteiger partial charge is 0.411 e. The lowest BCUT2D eigenvalue weighted by molar-refractivity contribution is -0.173. The number of nitrogens with zero attached hydrogens (tertiary/aromatic N) is 2. The second-order valence-electron chi connectivity index (χ2n) is 4.03. The van der Waals surface area contributed by atoms with Crippen molar-refractivity contribution in [3.8, 4) is 0 Å². The number of halogens is 3. The Morgan fingerprint density at radius 2 is 2.26 bits per heavy atom. The number of hydrogen-bond acceptors (Lipinski definition) is 6. The highest BCUT2D eigenvalue weighted by Crippen LogP contribution is 2.17. The molecule has 1 aromatic rings. The van der Waals surface area contributed by atoms with E-state index in [-0.39, 0.29) is 19.1 Å². The summed E-state index contributed by atoms with van der Waals surface area (Å²) in [5, 5.41) is 6.78. The molecular weight excluding hydrogens is 267 g/mol. The van der Waals surface area contributed by atoms with Gasteiger partial charge in [-0.1, -0.05) is 5.16 Å². The van der Waals surface area contributed by atoms with Crippen molar-refractivity contribution in [3.63, 3.8) is 0 Å². The molecule has 6 nitrogen and oxygen atoms in total. The summed E-state index contributed by atoms with van der Waals surface area (Å²) in [7, 11) is 0. The van der Waals surface area contributed by atoms with E-state index in [1.54, 1.807) is 0 Å². The molecule has 2 rings (SSSR count). The molecule has 0 aromatic carbocycles. The van der Waals surface area contributed by atoms with Gasteiger partial charge in [0.25, 0.3) is 5.89 Å². The van der Waals surface area contributed by atoms with Gasteiger partial charge in [0.15, 0.2) is 5.82 Å². The standard InChI is InChI=1S/C10H14F3N3O3/c11-10(12,13)6-17-3-1-8-15-9(19-16-8)7-5-14-2-4-18-7/h7,14H,1-6H2. The van der Waals surface area contributed by atoms with Gasteiger partial charge in [-0.15, -0.1) is 0 Å². The third kappa shape index (κ3) is 4.77. The summed E-state index contributed by atoms with van der Waals surface area (Å²) < 4.78 is 50.4. The zero-order valence-electron chi connectivity index (χ0n) is 10.1. The number of morpholine rings is 1. The van der Waals surface area contributed by atoms with Crippen molar-refractivity contribution >= 4 is 0 Å². The van der Waals surface area contributed by atoms with Gasteiger partial charge in [0.2, 0.25) is 0 Å². The summed E-state index contributed by atoms with van der Waals surface area (Å²) in [6, 6.07) is 0. The highest BCUT2D eigenvalue weighted by molar-refractivity contribution is 4.92. The van der Waals surface area contributed by atoms with Crippen LogP contribution in [-0.2, 0) is 15.9 Å². The van der Waals surface area contributed by atoms with Gasteiger partial charge >= 0.3 is 6.18 Å². The van der Waals surface area contributed by atoms with Gasteiger partial charge in [0, 0.05) is 19.5 Å². The second kappa shape index (κ2) is 6.31. The first kappa shape index (κ1) is 14.2. The third-order valence-corrected chi connectivity index (χ3v) is 2.42. The van der Waals surface area contributed by atoms with Crippen LogP contribution < -0.4 is 5.32 Å². The quantitative estimate of drug-likeness (QED) is 0.807. The summed E-state index contributed by atoms with van der Waals surface area (Å²) in [6.07, 6.45) is -4.45. The van der Waals surface area contributed by atoms with Crippen LogP contribution in [0, 0.1) is 0 Å². The first-order valence-corrected chi connectivity index (χ1v) is 5.84. The summed E-state index contributed by atoms with van der Waals surface area (Å²) in [6.45, 7) is 0.516. The maximum Gasteiger partial charge on any atom is 0.411 e. The Kier molecular flexibility index (Phi) is 4.72. The summed E-state index contributed by atoms with van der Waals surface area (Å²) in [5.41, 5.74) is 0. The number of rotatable bonds is 5. The zero-order valence-corrected chi connectivity index (χ0v) is 10.1. The minimum Gasteiger partial charge on any atom is -0.372 e. The molecule has 1 atom stereocenters. The number of aromatic nitrogens is 2. The molecule has 1 N–H and O–H groups in total. The second-order valence-corrected chi connectivity index (χ2v) is 4.03. The molecule has 108 valence electrons. The first-order chi connectivity index (χ1) is 9.04. The summed E-state index contributed by atoms with van der Waals surface area (Å²) in [4.78, 5) is 4.06. The SMILES string of the molecule is FC(F)(F)COCCc1noc(C2CNCCO2)n1. The number of hydrogen-bond donors (Lipinski definition) is 1. The van der Waals surface area contributed by atoms with Crippen LogP contribution in [0.3, 0.4) is 0 Å². The molecule has 0 spiro atoms. The highest BCUT2D eigenvalue weighted by atomic mass is 19.4. The van der Waals surface area contributed by atoms with Crippen molar-refractivity contribution in [3.05, 3.63) is 11.7 Å². The van der Waals surface area contributed by atoms with Crippen molar-refractivity contribution in [2.24, 2.45) is 0 Å². The van der Waals surface area contributed by atoms with Gasteiger partial charge < -0.3 is 19.3 Å². The normalized spacial score (nSPS) is 20.7. The Morgan fingerprint density at radius 3 is 2.95 bits per heavy atom. The van der Waals surface area contributed by atoms with E-state index >= 15 is 0 Å². The molecule has 9 heteroatoms. The van der Waals surface area contributed by atoms with Crippen LogP contribution in [0.25, 0.3) is 0 Å². The molecule has 1 aliphatic heterocycles. The van der Waals surface area contributed by atoms with Crippen molar-refractivity contribution in [2.75, 3.05) is 32.9 Å². The van der Waals surface area contributed by atoms with E-state index in [4.69, 9.17) is 9.26 Å². The third-order valence-electron chi connectivity index (χ3n) is 2.42. The van der Waals surface area contributed by atoms with Crippen LogP contribution in [0.2, 0.25) is 0 Å². The van der Waals surface area contributed by atoms with Crippen LogP contribution >= 0.6 is 0 Å². The minimum absolute atomic E-state index is 0.109. The fraction of sp³-hybridized carbons (Fsp3) is 0.800. The molecule has 1 saturated heterocycles. The van der Waals surface area contributed by atoms with E-state index in [1.807, 2.05) is 0 Å². The van der Waals surface area contributed by atoms with Gasteiger partial charge in [-0.25, -0.2) is 0 Å². The monoisotopic (exact) mass is 281 g/mol. The van der Waals surface area contributed by atoms with Crippen molar-refractivity contribution in [1.29, 1.82) is 0 Å². The number of nitrogens with one attached hydrogen (secondary N) is 1. The average molecular weight is 281 g/mol. The van der Waals surface area contributed by atoms with Crippen LogP contribution in [-0.4, -0.2) is 49.2 Å². The van der Waals surface area contributed by atoms with E-state index in [0.717, 1.165) is 6.54 Å².